The summed E-state index contributed by atoms with van der Waals surface area (Å²) in [7, 11) is -5.13. The van der Waals surface area contributed by atoms with Gasteiger partial charge in [-0.2, -0.15) is 0 Å². The fraction of sp³-hybridized carbons (Fsp3) is 0.611. The molecule has 0 saturated carbocycles. The van der Waals surface area contributed by atoms with Gasteiger partial charge in [-0.05, 0) is 110 Å². The van der Waals surface area contributed by atoms with Crippen LogP contribution in [0.3, 0.4) is 0 Å². The van der Waals surface area contributed by atoms with Crippen LogP contribution in [0.25, 0.3) is 10.4 Å². The molecule has 0 aliphatic carbocycles. The molecule has 4 rings (SSSR count). The Morgan fingerprint density at radius 3 is 1.97 bits per heavy atom. The van der Waals surface area contributed by atoms with E-state index >= 15 is 0 Å². The minimum absolute atomic E-state index is 0.0209. The van der Waals surface area contributed by atoms with Crippen molar-refractivity contribution < 1.29 is 42.1 Å². The van der Waals surface area contributed by atoms with Gasteiger partial charge in [0.05, 0.1) is 25.4 Å². The summed E-state index contributed by atoms with van der Waals surface area (Å²) < 4.78 is 52.0. The Kier molecular flexibility index (Phi) is 21.0. The average molecular weight is 1000 g/mol. The molecule has 382 valence electrons. The lowest BCUT2D eigenvalue weighted by atomic mass is 9.96. The monoisotopic (exact) mass is 1000 g/mol. The van der Waals surface area contributed by atoms with E-state index < -0.39 is 48.7 Å². The topological polar surface area (TPSA) is 140 Å². The number of benzene rings is 3. The van der Waals surface area contributed by atoms with Crippen molar-refractivity contribution >= 4 is 41.1 Å². The van der Waals surface area contributed by atoms with Gasteiger partial charge in [0, 0.05) is 38.3 Å². The van der Waals surface area contributed by atoms with Gasteiger partial charge in [0.25, 0.3) is 8.32 Å². The molecular weight excluding hydrogens is 919 g/mol. The van der Waals surface area contributed by atoms with Crippen LogP contribution in [0.2, 0.25) is 48.9 Å². The van der Waals surface area contributed by atoms with E-state index in [1.807, 2.05) is 19.9 Å². The maximum atomic E-state index is 14.1. The lowest BCUT2D eigenvalue weighted by molar-refractivity contribution is -0.152. The van der Waals surface area contributed by atoms with E-state index in [9.17, 15) is 4.79 Å². The maximum Gasteiger partial charge on any atom is 0.342 e. The molecule has 3 aromatic carbocycles. The number of carbonyl (C=O) groups excluding carboxylic acids is 1. The van der Waals surface area contributed by atoms with Crippen molar-refractivity contribution in [3.05, 3.63) is 107 Å². The second-order valence-electron chi connectivity index (χ2n) is 22.7. The zero-order valence-electron chi connectivity index (χ0n) is 44.8. The van der Waals surface area contributed by atoms with Gasteiger partial charge in [0.15, 0.2) is 20.9 Å². The summed E-state index contributed by atoms with van der Waals surface area (Å²) in [5, 5.41) is 5.93. The zero-order chi connectivity index (χ0) is 51.3. The maximum absolute atomic E-state index is 14.1. The van der Waals surface area contributed by atoms with E-state index in [-0.39, 0.29) is 35.0 Å². The molecule has 0 bridgehead atoms. The molecule has 3 aromatic rings. The molecule has 1 aliphatic rings. The Morgan fingerprint density at radius 2 is 1.42 bits per heavy atom. The average Bonchev–Trinajstić information content (AvgIpc) is 3.58. The van der Waals surface area contributed by atoms with Crippen LogP contribution in [-0.4, -0.2) is 94.5 Å². The SMILES string of the molecule is COCOc1ccc(OCCCN=[N+]=[N-])c(CCC[C@@H]2OC(C)(C)O[C@@H]2C(C=C[C@@H](C)[C@@H](C)O[Si](c2ccccc2)(c2ccccc2)C(C)(C)C)O[Si](C)(C)C(C)(C)C)c1C(=O)OCC[Si](C)(C)C. The molecule has 0 aromatic heterocycles. The van der Waals surface area contributed by atoms with Crippen molar-refractivity contribution in [3.63, 3.8) is 0 Å². The molecule has 1 heterocycles. The van der Waals surface area contributed by atoms with Crippen LogP contribution in [0, 0.1) is 5.92 Å². The van der Waals surface area contributed by atoms with Gasteiger partial charge in [-0.3, -0.25) is 0 Å². The summed E-state index contributed by atoms with van der Waals surface area (Å²) in [5.74, 6) is -0.413. The lowest BCUT2D eigenvalue weighted by Crippen LogP contribution is -2.67. The quantitative estimate of drug-likeness (QED) is 0.0112. The molecular formula is C54H85N3O9Si3. The molecule has 0 spiro atoms. The third kappa shape index (κ3) is 16.1. The number of nitrogens with zero attached hydrogens (tertiary/aromatic N) is 3. The highest BCUT2D eigenvalue weighted by atomic mass is 28.4. The van der Waals surface area contributed by atoms with Gasteiger partial charge in [-0.1, -0.05) is 146 Å². The number of azide groups is 1. The molecule has 1 saturated heterocycles. The Hall–Kier alpha value is -3.77. The first-order chi connectivity index (χ1) is 32.3. The summed E-state index contributed by atoms with van der Waals surface area (Å²) in [6.07, 6.45) is 5.33. The number of ether oxygens (including phenoxy) is 6. The van der Waals surface area contributed by atoms with Crippen molar-refractivity contribution in [2.24, 2.45) is 11.0 Å². The molecule has 15 heteroatoms. The van der Waals surface area contributed by atoms with Crippen molar-refractivity contribution in [1.82, 2.24) is 0 Å². The summed E-state index contributed by atoms with van der Waals surface area (Å²) in [5.41, 5.74) is 9.83. The smallest absolute Gasteiger partial charge is 0.342 e. The van der Waals surface area contributed by atoms with Crippen LogP contribution >= 0.6 is 0 Å². The van der Waals surface area contributed by atoms with Gasteiger partial charge in [-0.15, -0.1) is 0 Å². The molecule has 0 amide bonds. The van der Waals surface area contributed by atoms with Gasteiger partial charge >= 0.3 is 5.97 Å². The van der Waals surface area contributed by atoms with Crippen LogP contribution in [0.5, 0.6) is 11.5 Å². The van der Waals surface area contributed by atoms with E-state index in [4.69, 9.17) is 42.8 Å². The van der Waals surface area contributed by atoms with Gasteiger partial charge in [-0.25, -0.2) is 4.79 Å². The number of hydrogen-bond donors (Lipinski definition) is 0. The van der Waals surface area contributed by atoms with Crippen LogP contribution in [0.1, 0.15) is 104 Å². The molecule has 12 nitrogen and oxygen atoms in total. The highest BCUT2D eigenvalue weighted by Gasteiger charge is 2.52. The largest absolute Gasteiger partial charge is 0.493 e. The Labute approximate surface area is 418 Å². The number of esters is 1. The van der Waals surface area contributed by atoms with Crippen LogP contribution < -0.4 is 19.8 Å². The molecule has 69 heavy (non-hydrogen) atoms. The molecule has 1 aliphatic heterocycles. The second kappa shape index (κ2) is 25.1. The molecule has 5 atom stereocenters. The molecule has 0 radical (unpaired) electrons. The first-order valence-corrected chi connectivity index (χ1v) is 33.4. The van der Waals surface area contributed by atoms with Crippen LogP contribution in [0.4, 0.5) is 0 Å². The van der Waals surface area contributed by atoms with E-state index in [1.54, 1.807) is 13.2 Å². The number of hydrogen-bond acceptors (Lipinski definition) is 10. The minimum atomic E-state index is -2.82. The van der Waals surface area contributed by atoms with E-state index in [1.165, 1.54) is 10.4 Å². The highest BCUT2D eigenvalue weighted by Crippen LogP contribution is 2.42. The van der Waals surface area contributed by atoms with E-state index in [0.29, 0.717) is 68.1 Å². The fourth-order valence-corrected chi connectivity index (χ4v) is 15.2. The Balaban J connectivity index is 1.70. The van der Waals surface area contributed by atoms with Crippen molar-refractivity contribution in [3.8, 4) is 11.5 Å². The highest BCUT2D eigenvalue weighted by molar-refractivity contribution is 6.99. The number of methoxy groups -OCH3 is 1. The van der Waals surface area contributed by atoms with Crippen molar-refractivity contribution in [2.75, 3.05) is 33.7 Å². The Bertz CT molecular complexity index is 2110. The first kappa shape index (κ1) is 57.8. The summed E-state index contributed by atoms with van der Waals surface area (Å²) >= 11 is 0. The normalized spacial score (nSPS) is 18.1. The zero-order valence-corrected chi connectivity index (χ0v) is 47.8. The van der Waals surface area contributed by atoms with E-state index in [0.717, 1.165) is 6.04 Å². The van der Waals surface area contributed by atoms with Crippen LogP contribution in [-0.2, 0) is 34.2 Å². The first-order valence-electron chi connectivity index (χ1n) is 24.9. The summed E-state index contributed by atoms with van der Waals surface area (Å²) in [6.45, 7) is 34.2. The Morgan fingerprint density at radius 1 is 0.812 bits per heavy atom. The van der Waals surface area contributed by atoms with Gasteiger partial charge in [0.1, 0.15) is 23.2 Å². The minimum Gasteiger partial charge on any atom is -0.493 e. The van der Waals surface area contributed by atoms with Crippen molar-refractivity contribution in [1.29, 1.82) is 0 Å². The third-order valence-corrected chi connectivity index (χ3v) is 24.7. The van der Waals surface area contributed by atoms with Gasteiger partial charge < -0.3 is 37.3 Å². The lowest BCUT2D eigenvalue weighted by Gasteiger charge is -2.45. The van der Waals surface area contributed by atoms with E-state index in [2.05, 4.69) is 171 Å². The second-order valence-corrected chi connectivity index (χ2v) is 37.3. The number of carbonyl (C=O) groups is 1. The van der Waals surface area contributed by atoms with Gasteiger partial charge in [0.2, 0.25) is 0 Å². The standard InChI is InChI=1S/C54H85N3O9Si3/c1-40(41(2)65-69(53(6,7)8,42-25-19-17-20-26-42)43-27-21-18-22-28-43)31-32-48(66-68(15,16)52(3,4)5)50-47(63-54(9,10)64-50)30-23-29-44-45(60-36-24-35-56-57-55)33-34-46(62-39-59-11)49(44)51(58)61-37-38-67(12,13)14/h17-22,25-28,31-34,40-41,47-48,50H,23-24,29-30,35-39H2,1-16H3/t40-,41-,47+,48?,50+/m1/s1. The predicted molar refractivity (Wildman–Crippen MR) is 287 cm³/mol. The third-order valence-electron chi connectivity index (χ3n) is 13.4. The van der Waals surface area contributed by atoms with Crippen molar-refractivity contribution in [2.45, 2.75) is 174 Å². The fourth-order valence-electron chi connectivity index (χ4n) is 8.44. The number of rotatable bonds is 26. The molecule has 1 fully saturated rings. The molecule has 1 unspecified atom stereocenters. The summed E-state index contributed by atoms with van der Waals surface area (Å²) in [6, 6.07) is 25.9. The summed E-state index contributed by atoms with van der Waals surface area (Å²) in [4.78, 5) is 17.0. The van der Waals surface area contributed by atoms with Crippen LogP contribution in [0.15, 0.2) is 90.1 Å². The predicted octanol–water partition coefficient (Wildman–Crippen LogP) is 12.6. The molecule has 0 N–H and O–H groups in total.